The van der Waals surface area contributed by atoms with Crippen LogP contribution in [0.4, 0.5) is 0 Å². The van der Waals surface area contributed by atoms with E-state index in [4.69, 9.17) is 4.74 Å². The molecule has 0 aliphatic rings. The Labute approximate surface area is 144 Å². The Balaban J connectivity index is 2.07. The molecule has 0 saturated heterocycles. The molecule has 0 aliphatic carbocycles. The van der Waals surface area contributed by atoms with Gasteiger partial charge in [0.15, 0.2) is 0 Å². The van der Waals surface area contributed by atoms with Crippen molar-refractivity contribution in [3.8, 4) is 11.1 Å². The van der Waals surface area contributed by atoms with Gasteiger partial charge in [-0.15, -0.1) is 11.3 Å². The number of benzene rings is 1. The Bertz CT molecular complexity index is 947. The molecule has 0 radical (unpaired) electrons. The highest BCUT2D eigenvalue weighted by molar-refractivity contribution is 7.21. The average molecular weight is 339 g/mol. The zero-order valence-corrected chi connectivity index (χ0v) is 14.6. The van der Waals surface area contributed by atoms with Crippen molar-refractivity contribution < 1.29 is 9.53 Å². The van der Waals surface area contributed by atoms with E-state index in [1.54, 1.807) is 10.9 Å². The predicted octanol–water partition coefficient (Wildman–Crippen LogP) is 3.94. The molecule has 6 heteroatoms. The van der Waals surface area contributed by atoms with Crippen LogP contribution in [0.3, 0.4) is 0 Å². The maximum atomic E-state index is 11.6. The number of methoxy groups -OCH3 is 1. The summed E-state index contributed by atoms with van der Waals surface area (Å²) in [6, 6.07) is 8.40. The molecule has 0 amide bonds. The molecule has 24 heavy (non-hydrogen) atoms. The van der Waals surface area contributed by atoms with Crippen molar-refractivity contribution in [3.63, 3.8) is 0 Å². The van der Waals surface area contributed by atoms with Crippen molar-refractivity contribution in [1.82, 2.24) is 9.78 Å². The number of carbonyl (C=O) groups is 1. The van der Waals surface area contributed by atoms with Crippen LogP contribution in [0.25, 0.3) is 15.1 Å². The molecule has 3 aromatic rings. The highest BCUT2D eigenvalue weighted by Gasteiger charge is 2.15. The van der Waals surface area contributed by atoms with E-state index < -0.39 is 5.97 Å². The summed E-state index contributed by atoms with van der Waals surface area (Å²) in [5.41, 5.74) is 2.21. The summed E-state index contributed by atoms with van der Waals surface area (Å²) in [6.45, 7) is 4.28. The van der Waals surface area contributed by atoms with Crippen molar-refractivity contribution >= 4 is 27.4 Å². The first-order valence-electron chi connectivity index (χ1n) is 7.62. The molecule has 1 aromatic carbocycles. The van der Waals surface area contributed by atoms with Crippen LogP contribution in [-0.2, 0) is 11.2 Å². The normalized spacial score (nSPS) is 11.0. The number of nitriles is 1. The summed E-state index contributed by atoms with van der Waals surface area (Å²) in [7, 11) is 1.34. The number of ether oxygens (including phenoxy) is 1. The van der Waals surface area contributed by atoms with Gasteiger partial charge in [-0.25, -0.2) is 9.48 Å². The van der Waals surface area contributed by atoms with Gasteiger partial charge in [-0.2, -0.15) is 10.4 Å². The number of carbonyl (C=O) groups excluding carboxylic acids is 1. The van der Waals surface area contributed by atoms with Crippen LogP contribution in [0.15, 0.2) is 30.6 Å². The number of fused-ring (bicyclic) bond motifs is 1. The SMILES string of the molecule is COC(=O)c1cnn(-c2cc3ccc(CC(C)C)c(C#N)c3s2)c1. The van der Waals surface area contributed by atoms with Gasteiger partial charge in [0, 0.05) is 6.20 Å². The number of thiophene rings is 1. The number of esters is 1. The van der Waals surface area contributed by atoms with Crippen LogP contribution in [0.1, 0.15) is 35.3 Å². The molecular weight excluding hydrogens is 322 g/mol. The summed E-state index contributed by atoms with van der Waals surface area (Å²) in [5.74, 6) is 0.0713. The standard InChI is InChI=1S/C18H17N3O2S/c1-11(2)6-12-4-5-13-7-16(24-17(13)15(12)8-19)21-10-14(9-20-21)18(22)23-3/h4-5,7,9-11H,6H2,1-3H3. The molecule has 2 heterocycles. The number of hydrogen-bond acceptors (Lipinski definition) is 5. The van der Waals surface area contributed by atoms with Gasteiger partial charge >= 0.3 is 5.97 Å². The lowest BCUT2D eigenvalue weighted by Gasteiger charge is -2.07. The summed E-state index contributed by atoms with van der Waals surface area (Å²) in [4.78, 5) is 11.6. The Morgan fingerprint density at radius 2 is 2.25 bits per heavy atom. The lowest BCUT2D eigenvalue weighted by Crippen LogP contribution is -1.98. The van der Waals surface area contributed by atoms with E-state index in [0.717, 1.165) is 32.6 Å². The highest BCUT2D eigenvalue weighted by atomic mass is 32.1. The third-order valence-corrected chi connectivity index (χ3v) is 4.89. The van der Waals surface area contributed by atoms with Gasteiger partial charge in [0.05, 0.1) is 29.1 Å². The van der Waals surface area contributed by atoms with Crippen molar-refractivity contribution in [3.05, 3.63) is 47.3 Å². The summed E-state index contributed by atoms with van der Waals surface area (Å²) >= 11 is 1.50. The van der Waals surface area contributed by atoms with Crippen molar-refractivity contribution in [1.29, 1.82) is 5.26 Å². The van der Waals surface area contributed by atoms with E-state index in [1.807, 2.05) is 18.2 Å². The van der Waals surface area contributed by atoms with Crippen LogP contribution >= 0.6 is 11.3 Å². The van der Waals surface area contributed by atoms with E-state index >= 15 is 0 Å². The van der Waals surface area contributed by atoms with E-state index in [0.29, 0.717) is 11.5 Å². The van der Waals surface area contributed by atoms with Gasteiger partial charge in [0.2, 0.25) is 0 Å². The predicted molar refractivity (Wildman–Crippen MR) is 93.5 cm³/mol. The molecule has 122 valence electrons. The molecule has 5 nitrogen and oxygen atoms in total. The zero-order chi connectivity index (χ0) is 17.3. The monoisotopic (exact) mass is 339 g/mol. The first-order chi connectivity index (χ1) is 11.5. The molecule has 0 unspecified atom stereocenters. The third-order valence-electron chi connectivity index (χ3n) is 3.73. The van der Waals surface area contributed by atoms with Gasteiger partial charge in [-0.3, -0.25) is 0 Å². The second-order valence-electron chi connectivity index (χ2n) is 5.98. The topological polar surface area (TPSA) is 67.9 Å². The second-order valence-corrected chi connectivity index (χ2v) is 7.01. The van der Waals surface area contributed by atoms with Crippen LogP contribution < -0.4 is 0 Å². The van der Waals surface area contributed by atoms with E-state index in [1.165, 1.54) is 24.6 Å². The minimum Gasteiger partial charge on any atom is -0.465 e. The maximum Gasteiger partial charge on any atom is 0.341 e. The van der Waals surface area contributed by atoms with Gasteiger partial charge in [0.25, 0.3) is 0 Å². The maximum absolute atomic E-state index is 11.6. The fraction of sp³-hybridized carbons (Fsp3) is 0.278. The molecule has 0 N–H and O–H groups in total. The summed E-state index contributed by atoms with van der Waals surface area (Å²) in [6.07, 6.45) is 3.99. The fourth-order valence-electron chi connectivity index (χ4n) is 2.64. The fourth-order valence-corrected chi connectivity index (χ4v) is 3.75. The van der Waals surface area contributed by atoms with Crippen molar-refractivity contribution in [2.24, 2.45) is 5.92 Å². The van der Waals surface area contributed by atoms with Crippen molar-refractivity contribution in [2.45, 2.75) is 20.3 Å². The van der Waals surface area contributed by atoms with Crippen molar-refractivity contribution in [2.75, 3.05) is 7.11 Å². The van der Waals surface area contributed by atoms with Crippen LogP contribution in [0, 0.1) is 17.2 Å². The molecule has 0 aliphatic heterocycles. The second kappa shape index (κ2) is 6.46. The van der Waals surface area contributed by atoms with Crippen LogP contribution in [-0.4, -0.2) is 22.9 Å². The molecule has 2 aromatic heterocycles. The Morgan fingerprint density at radius 3 is 2.92 bits per heavy atom. The molecule has 0 fully saturated rings. The van der Waals surface area contributed by atoms with Crippen LogP contribution in [0.5, 0.6) is 0 Å². The zero-order valence-electron chi connectivity index (χ0n) is 13.7. The Morgan fingerprint density at radius 1 is 1.46 bits per heavy atom. The molecule has 0 saturated carbocycles. The van der Waals surface area contributed by atoms with Crippen LogP contribution in [0.2, 0.25) is 0 Å². The average Bonchev–Trinajstić information content (AvgIpc) is 3.19. The quantitative estimate of drug-likeness (QED) is 0.675. The van der Waals surface area contributed by atoms with Gasteiger partial charge in [0.1, 0.15) is 11.1 Å². The van der Waals surface area contributed by atoms with Gasteiger partial charge in [-0.1, -0.05) is 26.0 Å². The Hall–Kier alpha value is -2.65. The lowest BCUT2D eigenvalue weighted by molar-refractivity contribution is 0.0600. The first-order valence-corrected chi connectivity index (χ1v) is 8.44. The minimum absolute atomic E-state index is 0.399. The molecule has 0 spiro atoms. The van der Waals surface area contributed by atoms with Gasteiger partial charge in [-0.05, 0) is 29.4 Å². The molecule has 0 atom stereocenters. The number of hydrogen-bond donors (Lipinski definition) is 0. The molecule has 0 bridgehead atoms. The van der Waals surface area contributed by atoms with Gasteiger partial charge < -0.3 is 4.74 Å². The minimum atomic E-state index is -0.417. The number of aromatic nitrogens is 2. The third kappa shape index (κ3) is 2.91. The number of nitrogens with zero attached hydrogens (tertiary/aromatic N) is 3. The summed E-state index contributed by atoms with van der Waals surface area (Å²) < 4.78 is 7.30. The smallest absolute Gasteiger partial charge is 0.341 e. The van der Waals surface area contributed by atoms with E-state index in [-0.39, 0.29) is 0 Å². The highest BCUT2D eigenvalue weighted by Crippen LogP contribution is 2.33. The number of rotatable bonds is 4. The molecule has 3 rings (SSSR count). The molecular formula is C18H17N3O2S. The Kier molecular flexibility index (Phi) is 4.36. The summed E-state index contributed by atoms with van der Waals surface area (Å²) in [5, 5.41) is 15.7. The van der Waals surface area contributed by atoms with E-state index in [2.05, 4.69) is 25.0 Å². The largest absolute Gasteiger partial charge is 0.465 e. The van der Waals surface area contributed by atoms with E-state index in [9.17, 15) is 10.1 Å². The first kappa shape index (κ1) is 16.2. The lowest BCUT2D eigenvalue weighted by atomic mass is 9.97.